The molecule has 0 aliphatic heterocycles. The van der Waals surface area contributed by atoms with Crippen LogP contribution in [0.15, 0.2) is 18.2 Å². The molecule has 1 rings (SSSR count). The van der Waals surface area contributed by atoms with Gasteiger partial charge in [-0.05, 0) is 19.1 Å². The third kappa shape index (κ3) is 5.01. The van der Waals surface area contributed by atoms with Gasteiger partial charge in [0.2, 0.25) is 0 Å². The minimum absolute atomic E-state index is 0.0769. The Morgan fingerprint density at radius 1 is 1.52 bits per heavy atom. The van der Waals surface area contributed by atoms with Gasteiger partial charge >= 0.3 is 0 Å². The molecule has 1 aromatic rings. The summed E-state index contributed by atoms with van der Waals surface area (Å²) >= 11 is 0. The second-order valence-corrected chi connectivity index (χ2v) is 4.34. The lowest BCUT2D eigenvalue weighted by atomic mass is 10.1. The molecule has 21 heavy (non-hydrogen) atoms. The maximum atomic E-state index is 11.7. The van der Waals surface area contributed by atoms with E-state index in [0.717, 1.165) is 0 Å². The summed E-state index contributed by atoms with van der Waals surface area (Å²) in [5.41, 5.74) is 0.331. The topological polar surface area (TPSA) is 114 Å². The van der Waals surface area contributed by atoms with Crippen LogP contribution in [0.4, 0.5) is 11.4 Å². The highest BCUT2D eigenvalue weighted by molar-refractivity contribution is 5.95. The third-order valence-electron chi connectivity index (χ3n) is 2.68. The first kappa shape index (κ1) is 16.9. The van der Waals surface area contributed by atoms with E-state index in [4.69, 9.17) is 4.74 Å². The third-order valence-corrected chi connectivity index (χ3v) is 2.68. The van der Waals surface area contributed by atoms with E-state index in [1.54, 1.807) is 6.92 Å². The quantitative estimate of drug-likeness (QED) is 0.482. The molecular weight excluding hydrogens is 278 g/mol. The summed E-state index contributed by atoms with van der Waals surface area (Å²) < 4.78 is 4.78. The van der Waals surface area contributed by atoms with Crippen LogP contribution in [0.3, 0.4) is 0 Å². The zero-order chi connectivity index (χ0) is 15.8. The van der Waals surface area contributed by atoms with Crippen molar-refractivity contribution in [3.05, 3.63) is 33.9 Å². The monoisotopic (exact) mass is 297 g/mol. The van der Waals surface area contributed by atoms with Gasteiger partial charge in [0.1, 0.15) is 5.69 Å². The van der Waals surface area contributed by atoms with Gasteiger partial charge in [0, 0.05) is 31.8 Å². The van der Waals surface area contributed by atoms with Crippen molar-refractivity contribution in [2.75, 3.05) is 32.1 Å². The molecule has 116 valence electrons. The summed E-state index contributed by atoms with van der Waals surface area (Å²) in [6, 6.07) is 4.04. The first-order valence-electron chi connectivity index (χ1n) is 6.47. The normalized spacial score (nSPS) is 11.8. The Bertz CT molecular complexity index is 507. The average molecular weight is 297 g/mol. The minimum atomic E-state index is -0.803. The highest BCUT2D eigenvalue weighted by Gasteiger charge is 2.17. The van der Waals surface area contributed by atoms with Crippen molar-refractivity contribution in [2.24, 2.45) is 0 Å². The van der Waals surface area contributed by atoms with Gasteiger partial charge in [-0.2, -0.15) is 0 Å². The first-order chi connectivity index (χ1) is 9.99. The van der Waals surface area contributed by atoms with E-state index >= 15 is 0 Å². The van der Waals surface area contributed by atoms with Crippen LogP contribution >= 0.6 is 0 Å². The molecule has 0 radical (unpaired) electrons. The molecule has 0 aliphatic rings. The Kier molecular flexibility index (Phi) is 6.57. The molecule has 0 saturated carbocycles. The van der Waals surface area contributed by atoms with Crippen molar-refractivity contribution in [1.29, 1.82) is 0 Å². The Balaban J connectivity index is 2.93. The average Bonchev–Trinajstić information content (AvgIpc) is 2.45. The smallest absolute Gasteiger partial charge is 0.292 e. The van der Waals surface area contributed by atoms with Crippen molar-refractivity contribution in [3.63, 3.8) is 0 Å². The van der Waals surface area contributed by atoms with Gasteiger partial charge in [0.25, 0.3) is 11.6 Å². The van der Waals surface area contributed by atoms with E-state index in [2.05, 4.69) is 10.6 Å². The Morgan fingerprint density at radius 2 is 2.24 bits per heavy atom. The van der Waals surface area contributed by atoms with Gasteiger partial charge in [0.05, 0.1) is 17.6 Å². The molecule has 0 heterocycles. The van der Waals surface area contributed by atoms with Gasteiger partial charge in [-0.1, -0.05) is 0 Å². The second kappa shape index (κ2) is 8.18. The lowest BCUT2D eigenvalue weighted by Crippen LogP contribution is -2.25. The van der Waals surface area contributed by atoms with Crippen molar-refractivity contribution in [3.8, 4) is 0 Å². The van der Waals surface area contributed by atoms with E-state index in [-0.39, 0.29) is 30.4 Å². The van der Waals surface area contributed by atoms with Gasteiger partial charge in [-0.3, -0.25) is 14.9 Å². The van der Waals surface area contributed by atoms with Crippen molar-refractivity contribution < 1.29 is 19.6 Å². The number of benzene rings is 1. The fraction of sp³-hybridized carbons (Fsp3) is 0.462. The molecule has 0 saturated heterocycles. The number of hydrogen-bond acceptors (Lipinski definition) is 6. The van der Waals surface area contributed by atoms with Crippen molar-refractivity contribution >= 4 is 17.3 Å². The summed E-state index contributed by atoms with van der Waals surface area (Å²) in [6.07, 6.45) is -0.803. The number of nitrogens with one attached hydrogen (secondary N) is 2. The van der Waals surface area contributed by atoms with Crippen LogP contribution < -0.4 is 10.6 Å². The van der Waals surface area contributed by atoms with Crippen LogP contribution in [-0.2, 0) is 4.74 Å². The number of hydrogen-bond donors (Lipinski definition) is 3. The Labute approximate surface area is 122 Å². The summed E-state index contributed by atoms with van der Waals surface area (Å²) in [7, 11) is 1.45. The molecule has 0 bridgehead atoms. The zero-order valence-corrected chi connectivity index (χ0v) is 12.0. The number of nitrogens with zero attached hydrogens (tertiary/aromatic N) is 1. The standard InChI is InChI=1S/C13H19N3O5/c1-3-14-13(18)9-4-5-12(16(19)20)11(6-9)15-7-10(17)8-21-2/h4-6,10,15,17H,3,7-8H2,1-2H3,(H,14,18). The minimum Gasteiger partial charge on any atom is -0.389 e. The molecule has 0 aliphatic carbocycles. The van der Waals surface area contributed by atoms with Crippen molar-refractivity contribution in [2.45, 2.75) is 13.0 Å². The van der Waals surface area contributed by atoms with E-state index in [0.29, 0.717) is 12.1 Å². The van der Waals surface area contributed by atoms with Gasteiger partial charge in [0.15, 0.2) is 0 Å². The number of nitro groups is 1. The zero-order valence-electron chi connectivity index (χ0n) is 12.0. The predicted octanol–water partition coefficient (Wildman–Crippen LogP) is 0.764. The molecular formula is C13H19N3O5. The molecule has 0 aromatic heterocycles. The summed E-state index contributed by atoms with van der Waals surface area (Å²) in [6.45, 7) is 2.43. The molecule has 8 heteroatoms. The number of methoxy groups -OCH3 is 1. The fourth-order valence-corrected chi connectivity index (χ4v) is 1.72. The van der Waals surface area contributed by atoms with Crippen LogP contribution in [-0.4, -0.2) is 48.8 Å². The second-order valence-electron chi connectivity index (χ2n) is 4.34. The largest absolute Gasteiger partial charge is 0.389 e. The van der Waals surface area contributed by atoms with Gasteiger partial charge in [-0.25, -0.2) is 0 Å². The van der Waals surface area contributed by atoms with E-state index in [1.165, 1.54) is 25.3 Å². The summed E-state index contributed by atoms with van der Waals surface area (Å²) in [5.74, 6) is -0.312. The Morgan fingerprint density at radius 3 is 2.81 bits per heavy atom. The summed E-state index contributed by atoms with van der Waals surface area (Å²) in [4.78, 5) is 22.2. The number of rotatable bonds is 8. The molecule has 0 spiro atoms. The van der Waals surface area contributed by atoms with Crippen LogP contribution in [0.1, 0.15) is 17.3 Å². The van der Waals surface area contributed by atoms with Crippen molar-refractivity contribution in [1.82, 2.24) is 5.32 Å². The Hall–Kier alpha value is -2.19. The number of amides is 1. The number of aliphatic hydroxyl groups is 1. The van der Waals surface area contributed by atoms with Gasteiger partial charge < -0.3 is 20.5 Å². The first-order valence-corrected chi connectivity index (χ1v) is 6.47. The maximum Gasteiger partial charge on any atom is 0.292 e. The number of anilines is 1. The van der Waals surface area contributed by atoms with E-state index in [9.17, 15) is 20.0 Å². The highest BCUT2D eigenvalue weighted by atomic mass is 16.6. The number of carbonyl (C=O) groups is 1. The highest BCUT2D eigenvalue weighted by Crippen LogP contribution is 2.25. The molecule has 1 amide bonds. The van der Waals surface area contributed by atoms with Crippen LogP contribution in [0, 0.1) is 10.1 Å². The lowest BCUT2D eigenvalue weighted by Gasteiger charge is -2.13. The predicted molar refractivity (Wildman–Crippen MR) is 77.5 cm³/mol. The number of carbonyl (C=O) groups excluding carboxylic acids is 1. The van der Waals surface area contributed by atoms with Crippen LogP contribution in [0.2, 0.25) is 0 Å². The molecule has 1 atom stereocenters. The van der Waals surface area contributed by atoms with Gasteiger partial charge in [-0.15, -0.1) is 0 Å². The maximum absolute atomic E-state index is 11.7. The lowest BCUT2D eigenvalue weighted by molar-refractivity contribution is -0.384. The number of nitro benzene ring substituents is 1. The molecule has 0 fully saturated rings. The molecule has 8 nitrogen and oxygen atoms in total. The molecule has 1 unspecified atom stereocenters. The van der Waals surface area contributed by atoms with Crippen LogP contribution in [0.5, 0.6) is 0 Å². The molecule has 3 N–H and O–H groups in total. The number of aliphatic hydroxyl groups excluding tert-OH is 1. The van der Waals surface area contributed by atoms with E-state index in [1.807, 2.05) is 0 Å². The van der Waals surface area contributed by atoms with Crippen LogP contribution in [0.25, 0.3) is 0 Å². The molecule has 1 aromatic carbocycles. The summed E-state index contributed by atoms with van der Waals surface area (Å²) in [5, 5.41) is 25.9. The van der Waals surface area contributed by atoms with E-state index < -0.39 is 11.0 Å². The SMILES string of the molecule is CCNC(=O)c1ccc([N+](=O)[O-])c(NCC(O)COC)c1. The fourth-order valence-electron chi connectivity index (χ4n) is 1.72. The number of ether oxygens (including phenoxy) is 1.